The number of aryl methyl sites for hydroxylation is 2. The van der Waals surface area contributed by atoms with E-state index in [1.54, 1.807) is 23.5 Å². The molecule has 0 fully saturated rings. The molecule has 1 heterocycles. The van der Waals surface area contributed by atoms with Crippen LogP contribution in [0.2, 0.25) is 0 Å². The van der Waals surface area contributed by atoms with Crippen LogP contribution in [-0.4, -0.2) is 9.91 Å². The van der Waals surface area contributed by atoms with Gasteiger partial charge in [-0.25, -0.2) is 4.98 Å². The van der Waals surface area contributed by atoms with Gasteiger partial charge in [0.05, 0.1) is 11.0 Å². The maximum absolute atomic E-state index is 10.9. The molecule has 1 atom stereocenters. The molecule has 20 heavy (non-hydrogen) atoms. The van der Waals surface area contributed by atoms with E-state index in [2.05, 4.69) is 17.2 Å². The number of hydrogen-bond donors (Lipinski definition) is 1. The van der Waals surface area contributed by atoms with Gasteiger partial charge < -0.3 is 5.32 Å². The highest BCUT2D eigenvalue weighted by Gasteiger charge is 2.13. The van der Waals surface area contributed by atoms with Gasteiger partial charge in [0.2, 0.25) is 0 Å². The minimum absolute atomic E-state index is 0.0294. The van der Waals surface area contributed by atoms with Gasteiger partial charge in [-0.05, 0) is 31.9 Å². The van der Waals surface area contributed by atoms with Crippen LogP contribution in [0, 0.1) is 17.0 Å². The van der Waals surface area contributed by atoms with Crippen molar-refractivity contribution in [1.29, 1.82) is 0 Å². The molecular formula is C14H17N3O2S. The summed E-state index contributed by atoms with van der Waals surface area (Å²) in [4.78, 5) is 16.1. The molecule has 0 aliphatic heterocycles. The Kier molecular flexibility index (Phi) is 4.34. The van der Waals surface area contributed by atoms with Crippen LogP contribution >= 0.6 is 11.3 Å². The third kappa shape index (κ3) is 3.33. The molecule has 0 aliphatic carbocycles. The monoisotopic (exact) mass is 291 g/mol. The molecular weight excluding hydrogens is 274 g/mol. The van der Waals surface area contributed by atoms with Gasteiger partial charge in [-0.3, -0.25) is 10.1 Å². The zero-order valence-electron chi connectivity index (χ0n) is 11.7. The molecule has 0 radical (unpaired) electrons. The molecule has 0 spiro atoms. The number of aromatic nitrogens is 1. The lowest BCUT2D eigenvalue weighted by molar-refractivity contribution is -0.384. The Labute approximate surface area is 121 Å². The third-order valence-corrected chi connectivity index (χ3v) is 4.27. The van der Waals surface area contributed by atoms with E-state index in [1.807, 2.05) is 26.1 Å². The minimum Gasteiger partial charge on any atom is -0.376 e. The summed E-state index contributed by atoms with van der Waals surface area (Å²) in [6, 6.07) is 5.05. The molecule has 1 unspecified atom stereocenters. The lowest BCUT2D eigenvalue weighted by atomic mass is 10.2. The van der Waals surface area contributed by atoms with Crippen LogP contribution in [0.3, 0.4) is 0 Å². The first-order chi connectivity index (χ1) is 9.49. The van der Waals surface area contributed by atoms with Gasteiger partial charge in [0.15, 0.2) is 0 Å². The van der Waals surface area contributed by atoms with Crippen LogP contribution < -0.4 is 5.32 Å². The number of rotatable bonds is 5. The Balaban J connectivity index is 2.18. The number of anilines is 1. The van der Waals surface area contributed by atoms with E-state index in [4.69, 9.17) is 0 Å². The fourth-order valence-electron chi connectivity index (χ4n) is 1.95. The van der Waals surface area contributed by atoms with Gasteiger partial charge in [-0.2, -0.15) is 0 Å². The van der Waals surface area contributed by atoms with Gasteiger partial charge in [0, 0.05) is 28.9 Å². The molecule has 0 aliphatic rings. The molecule has 0 amide bonds. The van der Waals surface area contributed by atoms with Gasteiger partial charge in [0.25, 0.3) is 5.69 Å². The molecule has 0 saturated carbocycles. The molecule has 2 rings (SSSR count). The predicted molar refractivity (Wildman–Crippen MR) is 81.4 cm³/mol. The van der Waals surface area contributed by atoms with Crippen molar-refractivity contribution < 1.29 is 4.92 Å². The topological polar surface area (TPSA) is 68.1 Å². The second-order valence-electron chi connectivity index (χ2n) is 4.70. The zero-order chi connectivity index (χ0) is 14.7. The molecule has 1 N–H and O–H groups in total. The highest BCUT2D eigenvalue weighted by Crippen LogP contribution is 2.26. The van der Waals surface area contributed by atoms with E-state index in [1.165, 1.54) is 4.88 Å². The molecule has 0 bridgehead atoms. The van der Waals surface area contributed by atoms with Crippen molar-refractivity contribution in [2.24, 2.45) is 0 Å². The molecule has 6 heteroatoms. The Morgan fingerprint density at radius 2 is 2.20 bits per heavy atom. The second kappa shape index (κ2) is 6.00. The molecule has 2 aromatic rings. The number of hydrogen-bond acceptors (Lipinski definition) is 5. The summed E-state index contributed by atoms with van der Waals surface area (Å²) in [5.41, 5.74) is 1.72. The maximum atomic E-state index is 10.9. The van der Waals surface area contributed by atoms with Crippen LogP contribution in [0.1, 0.15) is 35.3 Å². The van der Waals surface area contributed by atoms with Crippen molar-refractivity contribution in [2.45, 2.75) is 33.2 Å². The van der Waals surface area contributed by atoms with E-state index in [-0.39, 0.29) is 16.7 Å². The number of nitro groups is 1. The van der Waals surface area contributed by atoms with Crippen molar-refractivity contribution in [3.05, 3.63) is 50.0 Å². The predicted octanol–water partition coefficient (Wildman–Crippen LogP) is 4.10. The summed E-state index contributed by atoms with van der Waals surface area (Å²) in [7, 11) is 0. The summed E-state index contributed by atoms with van der Waals surface area (Å²) in [5.74, 6) is 0. The molecule has 1 aromatic carbocycles. The minimum atomic E-state index is -0.374. The first kappa shape index (κ1) is 14.5. The van der Waals surface area contributed by atoms with Crippen molar-refractivity contribution in [3.8, 4) is 0 Å². The van der Waals surface area contributed by atoms with Gasteiger partial charge in [-0.15, -0.1) is 11.3 Å². The van der Waals surface area contributed by atoms with E-state index >= 15 is 0 Å². The Bertz CT molecular complexity index is 625. The number of nitrogens with zero attached hydrogens (tertiary/aromatic N) is 2. The number of nitrogens with one attached hydrogen (secondary N) is 1. The lowest BCUT2D eigenvalue weighted by Gasteiger charge is -2.13. The van der Waals surface area contributed by atoms with Gasteiger partial charge >= 0.3 is 0 Å². The average molecular weight is 291 g/mol. The Hall–Kier alpha value is -1.95. The average Bonchev–Trinajstić information content (AvgIpc) is 2.86. The third-order valence-electron chi connectivity index (χ3n) is 2.95. The van der Waals surface area contributed by atoms with Crippen molar-refractivity contribution in [3.63, 3.8) is 0 Å². The Morgan fingerprint density at radius 1 is 1.45 bits per heavy atom. The maximum Gasteiger partial charge on any atom is 0.271 e. The van der Waals surface area contributed by atoms with Crippen molar-refractivity contribution in [1.82, 2.24) is 4.98 Å². The molecule has 5 nitrogen and oxygen atoms in total. The molecule has 0 saturated heterocycles. The fourth-order valence-corrected chi connectivity index (χ4v) is 2.81. The standard InChI is InChI=1S/C14H17N3O2S/c1-4-13-8-15-14(20-13)10(3)16-11-5-9(2)6-12(7-11)17(18)19/h5-8,10,16H,4H2,1-3H3. The molecule has 1 aromatic heterocycles. The van der Waals surface area contributed by atoms with Crippen LogP contribution in [0.4, 0.5) is 11.4 Å². The number of benzene rings is 1. The number of nitro benzene ring substituents is 1. The van der Waals surface area contributed by atoms with E-state index in [0.717, 1.165) is 22.7 Å². The van der Waals surface area contributed by atoms with Crippen molar-refractivity contribution >= 4 is 22.7 Å². The van der Waals surface area contributed by atoms with Crippen LogP contribution in [0.15, 0.2) is 24.4 Å². The first-order valence-corrected chi connectivity index (χ1v) is 7.28. The lowest BCUT2D eigenvalue weighted by Crippen LogP contribution is -2.06. The summed E-state index contributed by atoms with van der Waals surface area (Å²) in [6.45, 7) is 5.95. The quantitative estimate of drug-likeness (QED) is 0.665. The smallest absolute Gasteiger partial charge is 0.271 e. The first-order valence-electron chi connectivity index (χ1n) is 6.46. The van der Waals surface area contributed by atoms with Crippen LogP contribution in [-0.2, 0) is 6.42 Å². The molecule has 106 valence electrons. The SMILES string of the molecule is CCc1cnc(C(C)Nc2cc(C)cc([N+](=O)[O-])c2)s1. The fraction of sp³-hybridized carbons (Fsp3) is 0.357. The van der Waals surface area contributed by atoms with Crippen LogP contribution in [0.5, 0.6) is 0 Å². The zero-order valence-corrected chi connectivity index (χ0v) is 12.5. The van der Waals surface area contributed by atoms with E-state index < -0.39 is 0 Å². The van der Waals surface area contributed by atoms with E-state index in [0.29, 0.717) is 0 Å². The summed E-state index contributed by atoms with van der Waals surface area (Å²) in [5, 5.41) is 15.1. The number of thiazole rings is 1. The van der Waals surface area contributed by atoms with Gasteiger partial charge in [-0.1, -0.05) is 6.92 Å². The summed E-state index contributed by atoms with van der Waals surface area (Å²) >= 11 is 1.67. The van der Waals surface area contributed by atoms with E-state index in [9.17, 15) is 10.1 Å². The summed E-state index contributed by atoms with van der Waals surface area (Å²) in [6.07, 6.45) is 2.86. The van der Waals surface area contributed by atoms with Crippen LogP contribution in [0.25, 0.3) is 0 Å². The second-order valence-corrected chi connectivity index (χ2v) is 5.85. The highest BCUT2D eigenvalue weighted by molar-refractivity contribution is 7.11. The highest BCUT2D eigenvalue weighted by atomic mass is 32.1. The number of non-ortho nitro benzene ring substituents is 1. The van der Waals surface area contributed by atoms with Crippen molar-refractivity contribution in [2.75, 3.05) is 5.32 Å². The Morgan fingerprint density at radius 3 is 2.80 bits per heavy atom. The summed E-state index contributed by atoms with van der Waals surface area (Å²) < 4.78 is 0. The largest absolute Gasteiger partial charge is 0.376 e. The normalized spacial score (nSPS) is 12.2. The van der Waals surface area contributed by atoms with Gasteiger partial charge in [0.1, 0.15) is 5.01 Å².